The van der Waals surface area contributed by atoms with Gasteiger partial charge in [-0.1, -0.05) is 18.2 Å². The number of hydrogen-bond donors (Lipinski definition) is 1. The summed E-state index contributed by atoms with van der Waals surface area (Å²) in [5.74, 6) is -0.0263. The lowest BCUT2D eigenvalue weighted by Gasteiger charge is -2.21. The zero-order chi connectivity index (χ0) is 24.0. The second-order valence-electron chi connectivity index (χ2n) is 8.32. The Labute approximate surface area is 201 Å². The van der Waals surface area contributed by atoms with Crippen molar-refractivity contribution in [2.75, 3.05) is 33.4 Å². The number of carbonyl (C=O) groups is 2. The van der Waals surface area contributed by atoms with E-state index in [2.05, 4.69) is 14.7 Å². The van der Waals surface area contributed by atoms with Gasteiger partial charge in [0.05, 0.1) is 18.0 Å². The Bertz CT molecular complexity index is 1420. The van der Waals surface area contributed by atoms with E-state index in [0.717, 1.165) is 32.0 Å². The average molecular weight is 498 g/mol. The maximum absolute atomic E-state index is 13.1. The highest BCUT2D eigenvalue weighted by molar-refractivity contribution is 7.94. The standard InChI is InChI=1S/C23H23N5O4S2/c1-14-6-7-16(23-25-15(2)26-33-23)12-18(14)24-13-22(30)27-10-8-17-19(27)4-3-5-20(17)28-21(29)9-11-34(28,31)32/h3-7,12,24H,8-11,13H2,1-2H3. The van der Waals surface area contributed by atoms with Crippen molar-refractivity contribution in [1.29, 1.82) is 0 Å². The first kappa shape index (κ1) is 22.5. The van der Waals surface area contributed by atoms with Crippen LogP contribution in [0.1, 0.15) is 23.4 Å². The fourth-order valence-corrected chi connectivity index (χ4v) is 6.49. The first-order chi connectivity index (χ1) is 16.2. The van der Waals surface area contributed by atoms with Crippen LogP contribution in [0.3, 0.4) is 0 Å². The first-order valence-corrected chi connectivity index (χ1v) is 13.3. The molecule has 11 heteroatoms. The Balaban J connectivity index is 1.35. The molecule has 0 radical (unpaired) electrons. The maximum Gasteiger partial charge on any atom is 0.246 e. The minimum absolute atomic E-state index is 0.0202. The molecule has 1 aromatic heterocycles. The van der Waals surface area contributed by atoms with Gasteiger partial charge in [-0.2, -0.15) is 4.37 Å². The van der Waals surface area contributed by atoms with Gasteiger partial charge in [-0.05, 0) is 55.6 Å². The monoisotopic (exact) mass is 497 g/mol. The van der Waals surface area contributed by atoms with Crippen LogP contribution in [0.4, 0.5) is 17.1 Å². The number of sulfonamides is 1. The molecule has 3 heterocycles. The highest BCUT2D eigenvalue weighted by Crippen LogP contribution is 2.38. The van der Waals surface area contributed by atoms with E-state index in [1.807, 2.05) is 32.0 Å². The van der Waals surface area contributed by atoms with Gasteiger partial charge in [-0.3, -0.25) is 9.59 Å². The first-order valence-electron chi connectivity index (χ1n) is 10.9. The van der Waals surface area contributed by atoms with Crippen LogP contribution in [0, 0.1) is 13.8 Å². The summed E-state index contributed by atoms with van der Waals surface area (Å²) in [5, 5.41) is 4.05. The molecule has 0 aliphatic carbocycles. The number of anilines is 3. The van der Waals surface area contributed by atoms with Crippen LogP contribution in [0.2, 0.25) is 0 Å². The SMILES string of the molecule is Cc1nsc(-c2ccc(C)c(NCC(=O)N3CCc4c3cccc4N3C(=O)CCS3(=O)=O)c2)n1. The third-order valence-corrected chi connectivity index (χ3v) is 8.58. The number of fused-ring (bicyclic) bond motifs is 1. The van der Waals surface area contributed by atoms with Crippen LogP contribution in [0.5, 0.6) is 0 Å². The Kier molecular flexibility index (Phi) is 5.61. The molecule has 0 atom stereocenters. The van der Waals surface area contributed by atoms with Gasteiger partial charge in [-0.15, -0.1) is 0 Å². The molecule has 2 aliphatic heterocycles. The number of nitrogens with one attached hydrogen (secondary N) is 1. The van der Waals surface area contributed by atoms with Crippen LogP contribution >= 0.6 is 11.5 Å². The minimum atomic E-state index is -3.67. The Morgan fingerprint density at radius 1 is 1.15 bits per heavy atom. The molecule has 2 aliphatic rings. The topological polar surface area (TPSA) is 113 Å². The van der Waals surface area contributed by atoms with Crippen molar-refractivity contribution >= 4 is 50.4 Å². The van der Waals surface area contributed by atoms with Crippen molar-refractivity contribution < 1.29 is 18.0 Å². The normalized spacial score (nSPS) is 16.7. The Hall–Kier alpha value is -3.31. The molecule has 0 saturated carbocycles. The molecule has 2 aromatic carbocycles. The highest BCUT2D eigenvalue weighted by Gasteiger charge is 2.39. The van der Waals surface area contributed by atoms with E-state index in [9.17, 15) is 18.0 Å². The summed E-state index contributed by atoms with van der Waals surface area (Å²) < 4.78 is 30.0. The van der Waals surface area contributed by atoms with E-state index < -0.39 is 15.9 Å². The molecule has 1 fully saturated rings. The van der Waals surface area contributed by atoms with Gasteiger partial charge in [0.1, 0.15) is 10.8 Å². The summed E-state index contributed by atoms with van der Waals surface area (Å²) in [6.07, 6.45) is 0.467. The van der Waals surface area contributed by atoms with E-state index in [1.54, 1.807) is 23.1 Å². The van der Waals surface area contributed by atoms with Crippen molar-refractivity contribution in [1.82, 2.24) is 9.36 Å². The average Bonchev–Trinajstić information content (AvgIpc) is 3.50. The van der Waals surface area contributed by atoms with Crippen LogP contribution in [0.15, 0.2) is 36.4 Å². The predicted molar refractivity (Wildman–Crippen MR) is 132 cm³/mol. The molecule has 2 amide bonds. The third kappa shape index (κ3) is 3.94. The van der Waals surface area contributed by atoms with Crippen molar-refractivity contribution in [2.24, 2.45) is 0 Å². The van der Waals surface area contributed by atoms with Crippen molar-refractivity contribution in [2.45, 2.75) is 26.7 Å². The summed E-state index contributed by atoms with van der Waals surface area (Å²) in [6.45, 7) is 4.31. The quantitative estimate of drug-likeness (QED) is 0.577. The number of aryl methyl sites for hydroxylation is 2. The highest BCUT2D eigenvalue weighted by atomic mass is 32.2. The number of rotatable bonds is 5. The zero-order valence-electron chi connectivity index (χ0n) is 18.7. The smallest absolute Gasteiger partial charge is 0.246 e. The second kappa shape index (κ2) is 8.48. The molecule has 0 bridgehead atoms. The fourth-order valence-electron chi connectivity index (χ4n) is 4.34. The van der Waals surface area contributed by atoms with Crippen LogP contribution in [-0.4, -0.2) is 48.4 Å². The molecule has 9 nitrogen and oxygen atoms in total. The molecule has 0 spiro atoms. The Morgan fingerprint density at radius 2 is 1.94 bits per heavy atom. The van der Waals surface area contributed by atoms with E-state index in [-0.39, 0.29) is 24.6 Å². The molecule has 1 saturated heterocycles. The number of amides is 2. The van der Waals surface area contributed by atoms with Crippen molar-refractivity contribution in [3.8, 4) is 10.6 Å². The van der Waals surface area contributed by atoms with Gasteiger partial charge in [0.2, 0.25) is 21.8 Å². The van der Waals surface area contributed by atoms with E-state index in [4.69, 9.17) is 0 Å². The Morgan fingerprint density at radius 3 is 2.65 bits per heavy atom. The third-order valence-electron chi connectivity index (χ3n) is 6.04. The van der Waals surface area contributed by atoms with Crippen LogP contribution in [0.25, 0.3) is 10.6 Å². The summed E-state index contributed by atoms with van der Waals surface area (Å²) in [5.41, 5.74) is 4.48. The lowest BCUT2D eigenvalue weighted by molar-refractivity contribution is -0.117. The van der Waals surface area contributed by atoms with E-state index in [0.29, 0.717) is 29.9 Å². The van der Waals surface area contributed by atoms with Gasteiger partial charge < -0.3 is 10.2 Å². The fraction of sp³-hybridized carbons (Fsp3) is 0.304. The van der Waals surface area contributed by atoms with E-state index >= 15 is 0 Å². The number of benzene rings is 2. The molecular weight excluding hydrogens is 474 g/mol. The molecule has 34 heavy (non-hydrogen) atoms. The summed E-state index contributed by atoms with van der Waals surface area (Å²) in [4.78, 5) is 31.5. The molecule has 176 valence electrons. The summed E-state index contributed by atoms with van der Waals surface area (Å²) in [7, 11) is -3.67. The number of hydrogen-bond acceptors (Lipinski definition) is 8. The van der Waals surface area contributed by atoms with Gasteiger partial charge in [0.15, 0.2) is 0 Å². The van der Waals surface area contributed by atoms with Crippen molar-refractivity contribution in [3.05, 3.63) is 53.3 Å². The largest absolute Gasteiger partial charge is 0.376 e. The summed E-state index contributed by atoms with van der Waals surface area (Å²) >= 11 is 1.33. The number of carbonyl (C=O) groups excluding carboxylic acids is 2. The molecule has 1 N–H and O–H groups in total. The van der Waals surface area contributed by atoms with Crippen molar-refractivity contribution in [3.63, 3.8) is 0 Å². The lowest BCUT2D eigenvalue weighted by Crippen LogP contribution is -2.34. The van der Waals surface area contributed by atoms with Gasteiger partial charge >= 0.3 is 0 Å². The number of aromatic nitrogens is 2. The molecule has 0 unspecified atom stereocenters. The predicted octanol–water partition coefficient (Wildman–Crippen LogP) is 2.89. The van der Waals surface area contributed by atoms with Gasteiger partial charge in [0, 0.05) is 35.5 Å². The zero-order valence-corrected chi connectivity index (χ0v) is 20.4. The maximum atomic E-state index is 13.1. The van der Waals surface area contributed by atoms with E-state index in [1.165, 1.54) is 11.5 Å². The van der Waals surface area contributed by atoms with Gasteiger partial charge in [0.25, 0.3) is 0 Å². The second-order valence-corrected chi connectivity index (χ2v) is 11.0. The van der Waals surface area contributed by atoms with Crippen LogP contribution < -0.4 is 14.5 Å². The lowest BCUT2D eigenvalue weighted by atomic mass is 10.1. The van der Waals surface area contributed by atoms with Crippen LogP contribution in [-0.2, 0) is 26.0 Å². The number of nitrogens with zero attached hydrogens (tertiary/aromatic N) is 4. The molecule has 5 rings (SSSR count). The summed E-state index contributed by atoms with van der Waals surface area (Å²) in [6, 6.07) is 11.0. The minimum Gasteiger partial charge on any atom is -0.376 e. The molecular formula is C23H23N5O4S2. The van der Waals surface area contributed by atoms with Gasteiger partial charge in [-0.25, -0.2) is 17.7 Å². The molecule has 3 aromatic rings.